The molecule has 6 nitrogen and oxygen atoms in total. The van der Waals surface area contributed by atoms with Crippen molar-refractivity contribution in [3.8, 4) is 11.5 Å². The summed E-state index contributed by atoms with van der Waals surface area (Å²) in [5.74, 6) is 1.59. The highest BCUT2D eigenvalue weighted by atomic mass is 16.5. The van der Waals surface area contributed by atoms with E-state index in [1.165, 1.54) is 18.4 Å². The van der Waals surface area contributed by atoms with E-state index in [-0.39, 0.29) is 29.6 Å². The average Bonchev–Trinajstić information content (AvgIpc) is 3.56. The van der Waals surface area contributed by atoms with E-state index in [0.29, 0.717) is 24.2 Å². The molecule has 1 spiro atoms. The van der Waals surface area contributed by atoms with Crippen molar-refractivity contribution in [2.75, 3.05) is 20.1 Å². The Labute approximate surface area is 200 Å². The van der Waals surface area contributed by atoms with Gasteiger partial charge in [-0.1, -0.05) is 6.07 Å². The second-order valence-electron chi connectivity index (χ2n) is 11.8. The van der Waals surface area contributed by atoms with Crippen LogP contribution in [0.3, 0.4) is 0 Å². The quantitative estimate of drug-likeness (QED) is 0.527. The number of carbonyl (C=O) groups is 1. The van der Waals surface area contributed by atoms with Gasteiger partial charge >= 0.3 is 0 Å². The molecule has 34 heavy (non-hydrogen) atoms. The number of piperidine rings is 1. The van der Waals surface area contributed by atoms with Crippen LogP contribution in [0, 0.1) is 11.8 Å². The zero-order chi connectivity index (χ0) is 23.3. The third kappa shape index (κ3) is 2.59. The average molecular weight is 462 g/mol. The van der Waals surface area contributed by atoms with Gasteiger partial charge in [0.1, 0.15) is 17.7 Å². The number of aliphatic hydroxyl groups is 1. The predicted octanol–water partition coefficient (Wildman–Crippen LogP) is 3.39. The lowest BCUT2D eigenvalue weighted by atomic mass is 9.46. The molecule has 2 aliphatic heterocycles. The number of benzene rings is 1. The van der Waals surface area contributed by atoms with E-state index >= 15 is 0 Å². The van der Waals surface area contributed by atoms with Crippen LogP contribution in [-0.2, 0) is 11.8 Å². The fourth-order valence-electron chi connectivity index (χ4n) is 8.36. The standard InChI is InChI=1S/C28H32N2O4/c1-30(16-17-2-3-17)13-10-27-24-19-4-5-21(31)25(24)34-26(27)20(6-9-28(27,33)23(30)15-19)14-22(32)18-7-11-29-12-8-18/h4-5,7-8,11-12,17,20,23,26,33H,2-3,6,9-10,13-16H2,1H3/p+1/t20-,23+,26-,27-,28+,30-/m0/s1. The third-order valence-electron chi connectivity index (χ3n) is 10.1. The Kier molecular flexibility index (Phi) is 4.19. The third-order valence-corrected chi connectivity index (χ3v) is 10.1. The van der Waals surface area contributed by atoms with Gasteiger partial charge in [0.05, 0.1) is 25.6 Å². The van der Waals surface area contributed by atoms with E-state index in [0.717, 1.165) is 48.3 Å². The minimum Gasteiger partial charge on any atom is -0.504 e. The lowest BCUT2D eigenvalue weighted by Crippen LogP contribution is -2.80. The number of Topliss-reactive ketones (excluding diaryl/α,β-unsaturated/α-hetero) is 1. The van der Waals surface area contributed by atoms with E-state index < -0.39 is 11.0 Å². The molecular formula is C28H33N2O4+. The molecule has 1 aromatic heterocycles. The summed E-state index contributed by atoms with van der Waals surface area (Å²) in [5, 5.41) is 23.5. The van der Waals surface area contributed by atoms with Gasteiger partial charge in [-0.3, -0.25) is 9.78 Å². The molecule has 0 radical (unpaired) electrons. The molecule has 2 aromatic rings. The number of ether oxygens (including phenoxy) is 1. The molecule has 3 aliphatic carbocycles. The fraction of sp³-hybridized carbons (Fsp3) is 0.571. The largest absolute Gasteiger partial charge is 0.504 e. The van der Waals surface area contributed by atoms with Crippen molar-refractivity contribution < 1.29 is 24.2 Å². The number of likely N-dealkylation sites (tertiary alicyclic amines) is 1. The number of aromatic nitrogens is 1. The van der Waals surface area contributed by atoms with Crippen molar-refractivity contribution in [2.24, 2.45) is 11.8 Å². The summed E-state index contributed by atoms with van der Waals surface area (Å²) in [6.07, 6.45) is 9.10. The monoisotopic (exact) mass is 461 g/mol. The molecule has 1 aromatic carbocycles. The molecule has 3 fully saturated rings. The first-order chi connectivity index (χ1) is 16.4. The van der Waals surface area contributed by atoms with Crippen molar-refractivity contribution in [3.05, 3.63) is 53.3 Å². The van der Waals surface area contributed by atoms with Crippen LogP contribution >= 0.6 is 0 Å². The highest BCUT2D eigenvalue weighted by Crippen LogP contribution is 2.67. The topological polar surface area (TPSA) is 79.7 Å². The molecule has 5 aliphatic rings. The number of hydrogen-bond acceptors (Lipinski definition) is 5. The summed E-state index contributed by atoms with van der Waals surface area (Å²) in [6, 6.07) is 7.46. The molecule has 0 amide bonds. The van der Waals surface area contributed by atoms with Crippen LogP contribution in [-0.4, -0.2) is 63.3 Å². The summed E-state index contributed by atoms with van der Waals surface area (Å²) in [7, 11) is 2.35. The maximum absolute atomic E-state index is 13.2. The van der Waals surface area contributed by atoms with Gasteiger partial charge in [0.2, 0.25) is 0 Å². The molecule has 2 saturated carbocycles. The zero-order valence-electron chi connectivity index (χ0n) is 19.7. The smallest absolute Gasteiger partial charge is 0.165 e. The van der Waals surface area contributed by atoms with Crippen LogP contribution in [0.2, 0.25) is 0 Å². The first-order valence-corrected chi connectivity index (χ1v) is 12.9. The number of ketones is 1. The second kappa shape index (κ2) is 6.82. The van der Waals surface area contributed by atoms with Crippen molar-refractivity contribution >= 4 is 5.78 Å². The Morgan fingerprint density at radius 1 is 1.18 bits per heavy atom. The maximum Gasteiger partial charge on any atom is 0.165 e. The van der Waals surface area contributed by atoms with Gasteiger partial charge in [0.15, 0.2) is 17.3 Å². The van der Waals surface area contributed by atoms with Crippen LogP contribution in [0.1, 0.15) is 60.0 Å². The normalized spacial score (nSPS) is 39.3. The van der Waals surface area contributed by atoms with Gasteiger partial charge in [-0.05, 0) is 49.4 Å². The van der Waals surface area contributed by atoms with Crippen molar-refractivity contribution in [1.82, 2.24) is 4.98 Å². The van der Waals surface area contributed by atoms with Gasteiger partial charge in [-0.15, -0.1) is 0 Å². The first-order valence-electron chi connectivity index (χ1n) is 12.9. The minimum absolute atomic E-state index is 0.000344. The Hall–Kier alpha value is -2.44. The van der Waals surface area contributed by atoms with Crippen LogP contribution < -0.4 is 4.74 Å². The van der Waals surface area contributed by atoms with E-state index in [4.69, 9.17) is 4.74 Å². The van der Waals surface area contributed by atoms with Gasteiger partial charge in [-0.2, -0.15) is 0 Å². The van der Waals surface area contributed by atoms with Crippen LogP contribution in [0.15, 0.2) is 36.7 Å². The lowest BCUT2D eigenvalue weighted by molar-refractivity contribution is -0.950. The Bertz CT molecular complexity index is 1180. The van der Waals surface area contributed by atoms with E-state index in [1.54, 1.807) is 30.6 Å². The summed E-state index contributed by atoms with van der Waals surface area (Å²) < 4.78 is 7.53. The fourth-order valence-corrected chi connectivity index (χ4v) is 8.36. The molecule has 0 unspecified atom stereocenters. The van der Waals surface area contributed by atoms with Gasteiger partial charge in [0.25, 0.3) is 0 Å². The lowest BCUT2D eigenvalue weighted by Gasteiger charge is -2.65. The van der Waals surface area contributed by atoms with Crippen molar-refractivity contribution in [2.45, 2.75) is 68.1 Å². The highest BCUT2D eigenvalue weighted by molar-refractivity contribution is 5.96. The number of pyridine rings is 1. The molecule has 7 rings (SSSR count). The molecule has 3 heterocycles. The molecule has 2 bridgehead atoms. The first kappa shape index (κ1) is 20.9. The predicted molar refractivity (Wildman–Crippen MR) is 126 cm³/mol. The number of phenols is 1. The van der Waals surface area contributed by atoms with Crippen LogP contribution in [0.4, 0.5) is 0 Å². The number of rotatable bonds is 5. The van der Waals surface area contributed by atoms with Crippen molar-refractivity contribution in [3.63, 3.8) is 0 Å². The number of aromatic hydroxyl groups is 1. The molecule has 6 heteroatoms. The van der Waals surface area contributed by atoms with Gasteiger partial charge < -0.3 is 19.4 Å². The Balaban J connectivity index is 1.33. The van der Waals surface area contributed by atoms with Crippen molar-refractivity contribution in [1.29, 1.82) is 0 Å². The summed E-state index contributed by atoms with van der Waals surface area (Å²) in [6.45, 7) is 2.14. The SMILES string of the molecule is C[N@@+]1(CC2CC2)CC[C@]23c4c5ccc(O)c4O[C@H]2[C@H](CC(=O)c2ccncc2)CC[C@@]3(O)[C@H]1C5. The second-order valence-corrected chi connectivity index (χ2v) is 11.8. The van der Waals surface area contributed by atoms with Crippen LogP contribution in [0.25, 0.3) is 0 Å². The Morgan fingerprint density at radius 3 is 2.74 bits per heavy atom. The van der Waals surface area contributed by atoms with Gasteiger partial charge in [-0.25, -0.2) is 0 Å². The number of quaternary nitrogens is 1. The molecule has 1 saturated heterocycles. The van der Waals surface area contributed by atoms with E-state index in [9.17, 15) is 15.0 Å². The Morgan fingerprint density at radius 2 is 1.97 bits per heavy atom. The van der Waals surface area contributed by atoms with Gasteiger partial charge in [0, 0.05) is 54.6 Å². The number of likely N-dealkylation sites (N-methyl/N-ethyl adjacent to an activating group) is 1. The van der Waals surface area contributed by atoms with E-state index in [2.05, 4.69) is 12.0 Å². The maximum atomic E-state index is 13.2. The molecular weight excluding hydrogens is 428 g/mol. The summed E-state index contributed by atoms with van der Waals surface area (Å²) >= 11 is 0. The molecule has 178 valence electrons. The number of hydrogen-bond donors (Lipinski definition) is 2. The number of carbonyl (C=O) groups excluding carboxylic acids is 1. The summed E-state index contributed by atoms with van der Waals surface area (Å²) in [5.41, 5.74) is 1.48. The van der Waals surface area contributed by atoms with E-state index in [1.807, 2.05) is 6.07 Å². The van der Waals surface area contributed by atoms with Crippen LogP contribution in [0.5, 0.6) is 11.5 Å². The minimum atomic E-state index is -0.887. The number of nitrogens with zero attached hydrogens (tertiary/aromatic N) is 2. The number of phenolic OH excluding ortho intramolecular Hbond substituents is 1. The summed E-state index contributed by atoms with van der Waals surface area (Å²) in [4.78, 5) is 17.2. The molecule has 6 atom stereocenters. The highest BCUT2D eigenvalue weighted by Gasteiger charge is 2.76. The zero-order valence-corrected chi connectivity index (χ0v) is 19.7. The molecule has 2 N–H and O–H groups in total.